The molecule has 0 bridgehead atoms. The van der Waals surface area contributed by atoms with Crippen molar-refractivity contribution in [2.45, 2.75) is 12.6 Å². The van der Waals surface area contributed by atoms with Gasteiger partial charge in [-0.3, -0.25) is 4.79 Å². The van der Waals surface area contributed by atoms with Crippen LogP contribution in [0.1, 0.15) is 33.1 Å². The van der Waals surface area contributed by atoms with Gasteiger partial charge < -0.3 is 14.2 Å². The molecule has 0 unspecified atom stereocenters. The molecule has 2 heterocycles. The smallest absolute Gasteiger partial charge is 0.255 e. The number of amides is 1. The Morgan fingerprint density at radius 2 is 1.57 bits per heavy atom. The first-order chi connectivity index (χ1) is 17.2. The zero-order valence-corrected chi connectivity index (χ0v) is 19.8. The molecule has 0 aliphatic carbocycles. The van der Waals surface area contributed by atoms with Crippen LogP contribution in [0.5, 0.6) is 5.75 Å². The van der Waals surface area contributed by atoms with Gasteiger partial charge in [0.1, 0.15) is 5.75 Å². The number of rotatable bonds is 5. The fourth-order valence-electron chi connectivity index (χ4n) is 5.44. The summed E-state index contributed by atoms with van der Waals surface area (Å²) in [6, 6.07) is 34.7. The number of aromatic nitrogens is 1. The van der Waals surface area contributed by atoms with Crippen LogP contribution in [0.15, 0.2) is 103 Å². The van der Waals surface area contributed by atoms with Gasteiger partial charge in [-0.2, -0.15) is 0 Å². The van der Waals surface area contributed by atoms with E-state index in [4.69, 9.17) is 4.74 Å². The van der Waals surface area contributed by atoms with Crippen LogP contribution < -0.4 is 4.74 Å². The molecule has 0 spiro atoms. The van der Waals surface area contributed by atoms with Gasteiger partial charge in [-0.05, 0) is 35.4 Å². The lowest BCUT2D eigenvalue weighted by atomic mass is 9.93. The van der Waals surface area contributed by atoms with Gasteiger partial charge >= 0.3 is 0 Å². The number of methoxy groups -OCH3 is 1. The molecule has 0 N–H and O–H groups in total. The Hall–Kier alpha value is -4.31. The molecular weight excluding hydrogens is 432 g/mol. The van der Waals surface area contributed by atoms with Crippen molar-refractivity contribution in [3.63, 3.8) is 0 Å². The standard InChI is InChI=1S/C31H26N2O2/c1-32-27-18-9-8-17-26(27)28(29(32)22-13-10-14-23(19-22)35-2)30-24-15-6-7-16-25(24)31(34)33(30)20-21-11-4-3-5-12-21/h3-19,30H,20H2,1-2H3/t30-/m1/s1. The van der Waals surface area contributed by atoms with E-state index in [1.54, 1.807) is 7.11 Å². The highest BCUT2D eigenvalue weighted by Crippen LogP contribution is 2.47. The number of benzene rings is 4. The molecule has 172 valence electrons. The van der Waals surface area contributed by atoms with Crippen LogP contribution in [0.2, 0.25) is 0 Å². The third-order valence-electron chi connectivity index (χ3n) is 7.02. The molecule has 4 aromatic carbocycles. The first kappa shape index (κ1) is 21.2. The third kappa shape index (κ3) is 3.41. The number of hydrogen-bond donors (Lipinski definition) is 0. The third-order valence-corrected chi connectivity index (χ3v) is 7.02. The van der Waals surface area contributed by atoms with Crippen LogP contribution in [0, 0.1) is 0 Å². The van der Waals surface area contributed by atoms with E-state index in [0.29, 0.717) is 6.54 Å². The molecule has 0 saturated carbocycles. The quantitative estimate of drug-likeness (QED) is 0.297. The predicted molar refractivity (Wildman–Crippen MR) is 140 cm³/mol. The monoisotopic (exact) mass is 458 g/mol. The summed E-state index contributed by atoms with van der Waals surface area (Å²) >= 11 is 0. The number of ether oxygens (including phenoxy) is 1. The van der Waals surface area contributed by atoms with Gasteiger partial charge in [0.2, 0.25) is 0 Å². The van der Waals surface area contributed by atoms with Crippen molar-refractivity contribution in [3.8, 4) is 17.0 Å². The summed E-state index contributed by atoms with van der Waals surface area (Å²) < 4.78 is 7.80. The molecule has 0 radical (unpaired) electrons. The number of carbonyl (C=O) groups excluding carboxylic acids is 1. The van der Waals surface area contributed by atoms with Crippen molar-refractivity contribution in [1.29, 1.82) is 0 Å². The Labute approximate surface area is 205 Å². The summed E-state index contributed by atoms with van der Waals surface area (Å²) in [7, 11) is 3.79. The first-order valence-electron chi connectivity index (χ1n) is 11.8. The molecule has 1 amide bonds. The van der Waals surface area contributed by atoms with Crippen molar-refractivity contribution in [2.75, 3.05) is 7.11 Å². The van der Waals surface area contributed by atoms with E-state index in [1.165, 1.54) is 0 Å². The lowest BCUT2D eigenvalue weighted by Gasteiger charge is -2.27. The summed E-state index contributed by atoms with van der Waals surface area (Å²) in [5.41, 5.74) is 7.38. The van der Waals surface area contributed by atoms with Crippen LogP contribution in [-0.4, -0.2) is 22.5 Å². The molecule has 1 aliphatic heterocycles. The van der Waals surface area contributed by atoms with E-state index in [-0.39, 0.29) is 11.9 Å². The molecule has 1 atom stereocenters. The first-order valence-corrected chi connectivity index (χ1v) is 11.8. The second-order valence-electron chi connectivity index (χ2n) is 8.98. The van der Waals surface area contributed by atoms with Crippen LogP contribution in [0.25, 0.3) is 22.2 Å². The van der Waals surface area contributed by atoms with Crippen LogP contribution in [0.4, 0.5) is 0 Å². The van der Waals surface area contributed by atoms with Crippen molar-refractivity contribution in [3.05, 3.63) is 125 Å². The maximum absolute atomic E-state index is 13.8. The second kappa shape index (κ2) is 8.48. The zero-order valence-electron chi connectivity index (χ0n) is 19.8. The van der Waals surface area contributed by atoms with Crippen LogP contribution >= 0.6 is 0 Å². The van der Waals surface area contributed by atoms with Gasteiger partial charge in [0.05, 0.1) is 18.8 Å². The zero-order chi connectivity index (χ0) is 23.9. The van der Waals surface area contributed by atoms with Crippen molar-refractivity contribution >= 4 is 16.8 Å². The SMILES string of the molecule is COc1cccc(-c2c([C@H]3c4ccccc4C(=O)N3Cc3ccccc3)c3ccccc3n2C)c1. The molecule has 5 aromatic rings. The fourth-order valence-corrected chi connectivity index (χ4v) is 5.44. The van der Waals surface area contributed by atoms with E-state index in [2.05, 4.69) is 66.2 Å². The van der Waals surface area contributed by atoms with Crippen molar-refractivity contribution in [2.24, 2.45) is 7.05 Å². The highest BCUT2D eigenvalue weighted by molar-refractivity contribution is 6.02. The topological polar surface area (TPSA) is 34.5 Å². The lowest BCUT2D eigenvalue weighted by molar-refractivity contribution is 0.0737. The molecular formula is C31H26N2O2. The minimum Gasteiger partial charge on any atom is -0.497 e. The Morgan fingerprint density at radius 1 is 0.829 bits per heavy atom. The number of hydrogen-bond acceptors (Lipinski definition) is 2. The maximum atomic E-state index is 13.8. The number of nitrogens with zero attached hydrogens (tertiary/aromatic N) is 2. The normalized spacial score (nSPS) is 15.0. The molecule has 6 rings (SSSR count). The lowest BCUT2D eigenvalue weighted by Crippen LogP contribution is -2.28. The van der Waals surface area contributed by atoms with Gasteiger partial charge in [0.15, 0.2) is 0 Å². The Balaban J connectivity index is 1.64. The molecule has 35 heavy (non-hydrogen) atoms. The number of carbonyl (C=O) groups is 1. The number of fused-ring (bicyclic) bond motifs is 2. The summed E-state index contributed by atoms with van der Waals surface area (Å²) in [5, 5.41) is 1.15. The van der Waals surface area contributed by atoms with Crippen LogP contribution in [0.3, 0.4) is 0 Å². The van der Waals surface area contributed by atoms with Gasteiger partial charge in [0.25, 0.3) is 5.91 Å². The van der Waals surface area contributed by atoms with Crippen LogP contribution in [-0.2, 0) is 13.6 Å². The van der Waals surface area contributed by atoms with Gasteiger partial charge in [0, 0.05) is 41.2 Å². The Bertz CT molecular complexity index is 1550. The van der Waals surface area contributed by atoms with Crippen molar-refractivity contribution < 1.29 is 9.53 Å². The average molecular weight is 459 g/mol. The van der Waals surface area contributed by atoms with Gasteiger partial charge in [-0.1, -0.05) is 78.9 Å². The summed E-state index contributed by atoms with van der Waals surface area (Å²) in [5.74, 6) is 0.877. The highest BCUT2D eigenvalue weighted by atomic mass is 16.5. The fraction of sp³-hybridized carbons (Fsp3) is 0.129. The number of para-hydroxylation sites is 1. The highest BCUT2D eigenvalue weighted by Gasteiger charge is 2.40. The van der Waals surface area contributed by atoms with Crippen molar-refractivity contribution in [1.82, 2.24) is 9.47 Å². The molecule has 1 aliphatic rings. The van der Waals surface area contributed by atoms with Gasteiger partial charge in [-0.25, -0.2) is 0 Å². The Kier molecular flexibility index (Phi) is 5.14. The van der Waals surface area contributed by atoms with E-state index in [1.807, 2.05) is 53.4 Å². The summed E-state index contributed by atoms with van der Waals surface area (Å²) in [6.45, 7) is 0.541. The molecule has 4 nitrogen and oxygen atoms in total. The maximum Gasteiger partial charge on any atom is 0.255 e. The van der Waals surface area contributed by atoms with E-state index in [9.17, 15) is 4.79 Å². The average Bonchev–Trinajstić information content (AvgIpc) is 3.35. The summed E-state index contributed by atoms with van der Waals surface area (Å²) in [6.07, 6.45) is 0. The predicted octanol–water partition coefficient (Wildman–Crippen LogP) is 6.60. The van der Waals surface area contributed by atoms with E-state index >= 15 is 0 Å². The number of aryl methyl sites for hydroxylation is 1. The van der Waals surface area contributed by atoms with Gasteiger partial charge in [-0.15, -0.1) is 0 Å². The second-order valence-corrected chi connectivity index (χ2v) is 8.98. The minimum atomic E-state index is -0.203. The van der Waals surface area contributed by atoms with E-state index < -0.39 is 0 Å². The molecule has 0 saturated heterocycles. The van der Waals surface area contributed by atoms with E-state index in [0.717, 1.165) is 50.2 Å². The molecule has 0 fully saturated rings. The molecule has 1 aromatic heterocycles. The molecule has 4 heteroatoms. The Morgan fingerprint density at radius 3 is 2.40 bits per heavy atom. The minimum absolute atomic E-state index is 0.0685. The largest absolute Gasteiger partial charge is 0.497 e. The summed E-state index contributed by atoms with van der Waals surface area (Å²) in [4.78, 5) is 15.8.